The molecule has 1 amide bonds. The average molecular weight is 564 g/mol. The summed E-state index contributed by atoms with van der Waals surface area (Å²) in [4.78, 5) is 25.0. The number of carbonyl (C=O) groups is 1. The number of amides is 1. The van der Waals surface area contributed by atoms with Gasteiger partial charge in [0.25, 0.3) is 5.91 Å². The average Bonchev–Trinajstić information content (AvgIpc) is 3.48. The molecule has 0 radical (unpaired) electrons. The first kappa shape index (κ1) is 35.3. The first-order valence-electron chi connectivity index (χ1n) is 13.3. The van der Waals surface area contributed by atoms with Crippen molar-refractivity contribution in [3.8, 4) is 5.88 Å². The zero-order valence-electron chi connectivity index (χ0n) is 24.7. The highest BCUT2D eigenvalue weighted by molar-refractivity contribution is 7.11. The summed E-state index contributed by atoms with van der Waals surface area (Å²) in [6, 6.07) is 5.20. The molecule has 0 aliphatic carbocycles. The molecule has 38 heavy (non-hydrogen) atoms. The first-order valence-corrected chi connectivity index (χ1v) is 14.6. The quantitative estimate of drug-likeness (QED) is 0.284. The number of rotatable bonds is 8. The third kappa shape index (κ3) is 13.2. The van der Waals surface area contributed by atoms with Crippen LogP contribution in [0.25, 0.3) is 0 Å². The van der Waals surface area contributed by atoms with Gasteiger partial charge in [0.05, 0.1) is 30.1 Å². The Labute approximate surface area is 238 Å². The van der Waals surface area contributed by atoms with E-state index in [0.29, 0.717) is 27.1 Å². The van der Waals surface area contributed by atoms with Crippen LogP contribution in [-0.2, 0) is 0 Å². The minimum atomic E-state index is -0.198. The Morgan fingerprint density at radius 3 is 2.18 bits per heavy atom. The molecule has 212 valence electrons. The molecule has 3 aromatic heterocycles. The Bertz CT molecular complexity index is 1020. The third-order valence-electron chi connectivity index (χ3n) is 5.04. The van der Waals surface area contributed by atoms with E-state index in [0.717, 1.165) is 24.1 Å². The minimum absolute atomic E-state index is 0.192. The van der Waals surface area contributed by atoms with Crippen LogP contribution in [0.5, 0.6) is 5.88 Å². The van der Waals surface area contributed by atoms with E-state index in [1.165, 1.54) is 17.8 Å². The standard InChI is InChI=1S/C19H20ClN5O2S.C6H14.2C2H6/c1-3-4-15(25-18(26)19-21-7-8-28-19)12-9-14(20)17(23-10-12)24-13-5-6-16(27-2)22-11-13;1-5-6(2,3)4;2*1-2/h5-11,15H,3-4H2,1-2H3,(H,23,24)(H,25,26);5H2,1-4H3;2*1-2H3/t15-;;;/m1.../s1. The van der Waals surface area contributed by atoms with Crippen LogP contribution >= 0.6 is 22.9 Å². The van der Waals surface area contributed by atoms with E-state index in [1.807, 2.05) is 39.8 Å². The van der Waals surface area contributed by atoms with E-state index in [1.54, 1.807) is 37.1 Å². The molecule has 7 nitrogen and oxygen atoms in total. The van der Waals surface area contributed by atoms with Crippen molar-refractivity contribution in [1.82, 2.24) is 20.3 Å². The van der Waals surface area contributed by atoms with Gasteiger partial charge in [-0.25, -0.2) is 15.0 Å². The van der Waals surface area contributed by atoms with Crippen LogP contribution in [0.3, 0.4) is 0 Å². The lowest BCUT2D eigenvalue weighted by Gasteiger charge is -2.19. The summed E-state index contributed by atoms with van der Waals surface area (Å²) in [6.45, 7) is 19.0. The molecule has 0 spiro atoms. The van der Waals surface area contributed by atoms with Gasteiger partial charge in [0, 0.05) is 23.8 Å². The van der Waals surface area contributed by atoms with Crippen LogP contribution in [0.4, 0.5) is 11.5 Å². The predicted octanol–water partition coefficient (Wildman–Crippen LogP) is 9.10. The van der Waals surface area contributed by atoms with Gasteiger partial charge in [-0.2, -0.15) is 0 Å². The van der Waals surface area contributed by atoms with Crippen LogP contribution < -0.4 is 15.4 Å². The lowest BCUT2D eigenvalue weighted by Crippen LogP contribution is -2.28. The number of aromatic nitrogens is 3. The second kappa shape index (κ2) is 19.4. The van der Waals surface area contributed by atoms with Crippen molar-refractivity contribution in [3.05, 3.63) is 57.8 Å². The Balaban J connectivity index is 0.00000119. The van der Waals surface area contributed by atoms with Crippen LogP contribution in [0, 0.1) is 5.41 Å². The molecular formula is C29H46ClN5O2S. The molecule has 0 aliphatic heterocycles. The maximum atomic E-state index is 12.4. The van der Waals surface area contributed by atoms with Gasteiger partial charge in [-0.15, -0.1) is 11.3 Å². The van der Waals surface area contributed by atoms with Gasteiger partial charge in [-0.1, -0.05) is 86.8 Å². The zero-order valence-corrected chi connectivity index (χ0v) is 26.3. The summed E-state index contributed by atoms with van der Waals surface area (Å²) in [5.41, 5.74) is 2.13. The monoisotopic (exact) mass is 563 g/mol. The summed E-state index contributed by atoms with van der Waals surface area (Å²) in [7, 11) is 1.56. The molecule has 9 heteroatoms. The number of pyridine rings is 2. The van der Waals surface area contributed by atoms with Crippen LogP contribution in [0.1, 0.15) is 103 Å². The van der Waals surface area contributed by atoms with Crippen molar-refractivity contribution in [3.63, 3.8) is 0 Å². The molecule has 0 unspecified atom stereocenters. The normalized spacial score (nSPS) is 10.8. The molecular weight excluding hydrogens is 518 g/mol. The lowest BCUT2D eigenvalue weighted by atomic mass is 9.94. The fourth-order valence-corrected chi connectivity index (χ4v) is 3.37. The van der Waals surface area contributed by atoms with E-state index in [9.17, 15) is 4.79 Å². The van der Waals surface area contributed by atoms with Crippen molar-refractivity contribution in [2.45, 2.75) is 87.6 Å². The molecule has 0 aliphatic rings. The van der Waals surface area contributed by atoms with E-state index in [-0.39, 0.29) is 11.9 Å². The topological polar surface area (TPSA) is 89.0 Å². The number of methoxy groups -OCH3 is 1. The number of carbonyl (C=O) groups excluding carboxylic acids is 1. The van der Waals surface area contributed by atoms with Gasteiger partial charge in [0.15, 0.2) is 5.01 Å². The molecule has 3 aromatic rings. The van der Waals surface area contributed by atoms with Crippen LogP contribution in [0.15, 0.2) is 42.2 Å². The van der Waals surface area contributed by atoms with Gasteiger partial charge >= 0.3 is 0 Å². The number of thiazole rings is 1. The summed E-state index contributed by atoms with van der Waals surface area (Å²) in [6.07, 6.45) is 7.91. The van der Waals surface area contributed by atoms with Crippen LogP contribution in [0.2, 0.25) is 5.02 Å². The number of anilines is 2. The van der Waals surface area contributed by atoms with E-state index >= 15 is 0 Å². The molecule has 0 bridgehead atoms. The molecule has 1 atom stereocenters. The summed E-state index contributed by atoms with van der Waals surface area (Å²) >= 11 is 7.73. The predicted molar refractivity (Wildman–Crippen MR) is 163 cm³/mol. The van der Waals surface area contributed by atoms with Crippen molar-refractivity contribution < 1.29 is 9.53 Å². The Morgan fingerprint density at radius 1 is 1.08 bits per heavy atom. The molecule has 0 saturated carbocycles. The maximum Gasteiger partial charge on any atom is 0.280 e. The second-order valence-electron chi connectivity index (χ2n) is 8.88. The van der Waals surface area contributed by atoms with E-state index in [2.05, 4.69) is 60.2 Å². The number of nitrogens with one attached hydrogen (secondary N) is 2. The number of ether oxygens (including phenoxy) is 1. The van der Waals surface area contributed by atoms with Crippen molar-refractivity contribution >= 4 is 40.4 Å². The van der Waals surface area contributed by atoms with Crippen molar-refractivity contribution in [1.29, 1.82) is 0 Å². The Morgan fingerprint density at radius 2 is 1.74 bits per heavy atom. The van der Waals surface area contributed by atoms with Crippen molar-refractivity contribution in [2.75, 3.05) is 12.4 Å². The van der Waals surface area contributed by atoms with Gasteiger partial charge in [0.1, 0.15) is 5.82 Å². The van der Waals surface area contributed by atoms with E-state index < -0.39 is 0 Å². The SMILES string of the molecule is CC.CC.CCC(C)(C)C.CCC[C@@H](NC(=O)c1nccs1)c1cnc(Nc2ccc(OC)nc2)c(Cl)c1. The fourth-order valence-electron chi connectivity index (χ4n) is 2.61. The number of hydrogen-bond acceptors (Lipinski definition) is 7. The van der Waals surface area contributed by atoms with E-state index in [4.69, 9.17) is 16.3 Å². The molecule has 2 N–H and O–H groups in total. The zero-order chi connectivity index (χ0) is 29.1. The summed E-state index contributed by atoms with van der Waals surface area (Å²) in [5, 5.41) is 8.81. The summed E-state index contributed by atoms with van der Waals surface area (Å²) in [5.74, 6) is 0.841. The van der Waals surface area contributed by atoms with Crippen molar-refractivity contribution in [2.24, 2.45) is 5.41 Å². The molecule has 3 rings (SSSR count). The first-order chi connectivity index (χ1) is 18.2. The largest absolute Gasteiger partial charge is 0.481 e. The Kier molecular flexibility index (Phi) is 18.0. The minimum Gasteiger partial charge on any atom is -0.481 e. The molecule has 0 aromatic carbocycles. The van der Waals surface area contributed by atoms with Gasteiger partial charge < -0.3 is 15.4 Å². The number of hydrogen-bond donors (Lipinski definition) is 2. The highest BCUT2D eigenvalue weighted by Gasteiger charge is 2.18. The van der Waals surface area contributed by atoms with Gasteiger partial charge in [0.2, 0.25) is 5.88 Å². The van der Waals surface area contributed by atoms with Gasteiger partial charge in [-0.05, 0) is 29.5 Å². The second-order valence-corrected chi connectivity index (χ2v) is 10.2. The number of nitrogens with zero attached hydrogens (tertiary/aromatic N) is 3. The van der Waals surface area contributed by atoms with Gasteiger partial charge in [-0.3, -0.25) is 4.79 Å². The smallest absolute Gasteiger partial charge is 0.280 e. The van der Waals surface area contributed by atoms with Crippen LogP contribution in [-0.4, -0.2) is 28.0 Å². The summed E-state index contributed by atoms with van der Waals surface area (Å²) < 4.78 is 5.05. The fraction of sp³-hybridized carbons (Fsp3) is 0.517. The highest BCUT2D eigenvalue weighted by Crippen LogP contribution is 2.28. The third-order valence-corrected chi connectivity index (χ3v) is 6.10. The lowest BCUT2D eigenvalue weighted by molar-refractivity contribution is 0.0934. The highest BCUT2D eigenvalue weighted by atomic mass is 35.5. The Hall–Kier alpha value is -2.71. The molecule has 0 fully saturated rings. The maximum absolute atomic E-state index is 12.4. The number of halogens is 1. The molecule has 3 heterocycles. The molecule has 0 saturated heterocycles.